The Hall–Kier alpha value is -2.30. The predicted octanol–water partition coefficient (Wildman–Crippen LogP) is 2.85. The normalized spacial score (nSPS) is 10.8. The second kappa shape index (κ2) is 5.77. The number of nitrogens with one attached hydrogen (secondary N) is 1. The third-order valence-corrected chi connectivity index (χ3v) is 3.06. The summed E-state index contributed by atoms with van der Waals surface area (Å²) in [5, 5.41) is 16.7. The fourth-order valence-electron chi connectivity index (χ4n) is 2.08. The van der Waals surface area contributed by atoms with Crippen molar-refractivity contribution in [3.05, 3.63) is 47.3 Å². The summed E-state index contributed by atoms with van der Waals surface area (Å²) in [5.74, 6) is -0.569. The van der Waals surface area contributed by atoms with Crippen LogP contribution in [0.25, 0.3) is 0 Å². The molecule has 0 fully saturated rings. The van der Waals surface area contributed by atoms with Crippen molar-refractivity contribution in [3.8, 4) is 0 Å². The van der Waals surface area contributed by atoms with Crippen molar-refractivity contribution < 1.29 is 9.90 Å². The zero-order valence-electron chi connectivity index (χ0n) is 11.9. The Morgan fingerprint density at radius 3 is 2.85 bits per heavy atom. The van der Waals surface area contributed by atoms with E-state index in [2.05, 4.69) is 24.3 Å². The standard InChI is InChI=1S/C15H19N3O2/c1-10(2)14-13(9-18(3)17-14)16-8-11-5-4-6-12(7-11)15(19)20/h4-7,9-10,16H,8H2,1-3H3,(H,19,20). The number of aromatic carboxylic acids is 1. The maximum Gasteiger partial charge on any atom is 0.335 e. The van der Waals surface area contributed by atoms with Crippen LogP contribution in [-0.4, -0.2) is 20.9 Å². The highest BCUT2D eigenvalue weighted by atomic mass is 16.4. The van der Waals surface area contributed by atoms with Crippen LogP contribution in [0.1, 0.15) is 41.4 Å². The third kappa shape index (κ3) is 3.17. The van der Waals surface area contributed by atoms with Crippen LogP contribution >= 0.6 is 0 Å². The summed E-state index contributed by atoms with van der Waals surface area (Å²) in [7, 11) is 1.89. The Bertz CT molecular complexity index is 617. The van der Waals surface area contributed by atoms with Gasteiger partial charge in [0.15, 0.2) is 0 Å². The summed E-state index contributed by atoms with van der Waals surface area (Å²) < 4.78 is 1.78. The Labute approximate surface area is 118 Å². The molecule has 0 bridgehead atoms. The van der Waals surface area contributed by atoms with Crippen molar-refractivity contribution in [1.29, 1.82) is 0 Å². The van der Waals surface area contributed by atoms with Gasteiger partial charge in [-0.2, -0.15) is 5.10 Å². The number of anilines is 1. The lowest BCUT2D eigenvalue weighted by atomic mass is 10.1. The van der Waals surface area contributed by atoms with Gasteiger partial charge in [-0.15, -0.1) is 0 Å². The number of carbonyl (C=O) groups is 1. The van der Waals surface area contributed by atoms with Gasteiger partial charge in [0.2, 0.25) is 0 Å². The van der Waals surface area contributed by atoms with E-state index in [-0.39, 0.29) is 0 Å². The fourth-order valence-corrected chi connectivity index (χ4v) is 2.08. The molecule has 5 nitrogen and oxygen atoms in total. The number of hydrogen-bond donors (Lipinski definition) is 2. The van der Waals surface area contributed by atoms with Crippen molar-refractivity contribution in [2.75, 3.05) is 5.32 Å². The van der Waals surface area contributed by atoms with Crippen molar-refractivity contribution in [1.82, 2.24) is 9.78 Å². The van der Waals surface area contributed by atoms with Crippen LogP contribution in [-0.2, 0) is 13.6 Å². The Morgan fingerprint density at radius 1 is 1.45 bits per heavy atom. The second-order valence-corrected chi connectivity index (χ2v) is 5.12. The van der Waals surface area contributed by atoms with Gasteiger partial charge in [-0.25, -0.2) is 4.79 Å². The molecule has 0 atom stereocenters. The molecule has 0 radical (unpaired) electrons. The van der Waals surface area contributed by atoms with Gasteiger partial charge in [0, 0.05) is 19.8 Å². The average Bonchev–Trinajstić information content (AvgIpc) is 2.78. The molecule has 0 unspecified atom stereocenters. The highest BCUT2D eigenvalue weighted by molar-refractivity contribution is 5.87. The maximum atomic E-state index is 10.9. The zero-order valence-corrected chi connectivity index (χ0v) is 11.9. The lowest BCUT2D eigenvalue weighted by molar-refractivity contribution is 0.0697. The van der Waals surface area contributed by atoms with Gasteiger partial charge in [-0.05, 0) is 23.6 Å². The van der Waals surface area contributed by atoms with Crippen molar-refractivity contribution in [3.63, 3.8) is 0 Å². The van der Waals surface area contributed by atoms with Crippen molar-refractivity contribution in [2.45, 2.75) is 26.3 Å². The number of aryl methyl sites for hydroxylation is 1. The molecule has 0 aliphatic rings. The first kappa shape index (κ1) is 14.1. The highest BCUT2D eigenvalue weighted by Gasteiger charge is 2.11. The molecule has 0 spiro atoms. The summed E-state index contributed by atoms with van der Waals surface area (Å²) in [5.41, 5.74) is 3.24. The number of benzene rings is 1. The largest absolute Gasteiger partial charge is 0.478 e. The van der Waals surface area contributed by atoms with Crippen molar-refractivity contribution >= 4 is 11.7 Å². The molecular formula is C15H19N3O2. The SMILES string of the molecule is CC(C)c1nn(C)cc1NCc1cccc(C(=O)O)c1. The summed E-state index contributed by atoms with van der Waals surface area (Å²) in [6.07, 6.45) is 1.94. The first-order chi connectivity index (χ1) is 9.47. The number of rotatable bonds is 5. The van der Waals surface area contributed by atoms with E-state index >= 15 is 0 Å². The summed E-state index contributed by atoms with van der Waals surface area (Å²) in [4.78, 5) is 10.9. The van der Waals surface area contributed by atoms with Gasteiger partial charge in [-0.3, -0.25) is 4.68 Å². The van der Waals surface area contributed by atoms with Gasteiger partial charge in [0.25, 0.3) is 0 Å². The minimum absolute atomic E-state index is 0.305. The summed E-state index contributed by atoms with van der Waals surface area (Å²) in [6.45, 7) is 4.77. The lowest BCUT2D eigenvalue weighted by Gasteiger charge is -2.08. The summed E-state index contributed by atoms with van der Waals surface area (Å²) in [6, 6.07) is 6.94. The van der Waals surface area contributed by atoms with E-state index in [1.165, 1.54) is 0 Å². The molecule has 5 heteroatoms. The quantitative estimate of drug-likeness (QED) is 0.879. The van der Waals surface area contributed by atoms with E-state index in [4.69, 9.17) is 5.11 Å². The fraction of sp³-hybridized carbons (Fsp3) is 0.333. The zero-order chi connectivity index (χ0) is 14.7. The van der Waals surface area contributed by atoms with Gasteiger partial charge in [0.1, 0.15) is 0 Å². The van der Waals surface area contributed by atoms with Gasteiger partial charge in [-0.1, -0.05) is 26.0 Å². The van der Waals surface area contributed by atoms with Crippen LogP contribution in [0.2, 0.25) is 0 Å². The number of nitrogens with zero attached hydrogens (tertiary/aromatic N) is 2. The number of carboxylic acids is 1. The summed E-state index contributed by atoms with van der Waals surface area (Å²) >= 11 is 0. The predicted molar refractivity (Wildman–Crippen MR) is 78.0 cm³/mol. The van der Waals surface area contributed by atoms with E-state index in [0.29, 0.717) is 18.0 Å². The van der Waals surface area contributed by atoms with Gasteiger partial charge < -0.3 is 10.4 Å². The molecule has 0 aliphatic heterocycles. The molecule has 0 aliphatic carbocycles. The first-order valence-corrected chi connectivity index (χ1v) is 6.57. The van der Waals surface area contributed by atoms with Crippen LogP contribution in [0.15, 0.2) is 30.5 Å². The smallest absolute Gasteiger partial charge is 0.335 e. The molecule has 2 N–H and O–H groups in total. The molecule has 1 heterocycles. The van der Waals surface area contributed by atoms with Gasteiger partial charge >= 0.3 is 5.97 Å². The molecule has 0 saturated carbocycles. The third-order valence-electron chi connectivity index (χ3n) is 3.06. The highest BCUT2D eigenvalue weighted by Crippen LogP contribution is 2.22. The van der Waals surface area contributed by atoms with E-state index < -0.39 is 5.97 Å². The van der Waals surface area contributed by atoms with Crippen LogP contribution in [0, 0.1) is 0 Å². The van der Waals surface area contributed by atoms with Crippen molar-refractivity contribution in [2.24, 2.45) is 7.05 Å². The molecule has 106 valence electrons. The minimum Gasteiger partial charge on any atom is -0.478 e. The Morgan fingerprint density at radius 2 is 2.20 bits per heavy atom. The molecule has 1 aromatic heterocycles. The number of carboxylic acid groups (broad SMARTS) is 1. The average molecular weight is 273 g/mol. The molecule has 0 amide bonds. The number of aromatic nitrogens is 2. The van der Waals surface area contributed by atoms with Crippen LogP contribution in [0.3, 0.4) is 0 Å². The van der Waals surface area contributed by atoms with Gasteiger partial charge in [0.05, 0.1) is 16.9 Å². The van der Waals surface area contributed by atoms with E-state index in [9.17, 15) is 4.79 Å². The van der Waals surface area contributed by atoms with Crippen LogP contribution < -0.4 is 5.32 Å². The molecule has 2 aromatic rings. The topological polar surface area (TPSA) is 67.2 Å². The monoisotopic (exact) mass is 273 g/mol. The van der Waals surface area contributed by atoms with Crippen LogP contribution in [0.4, 0.5) is 5.69 Å². The molecule has 20 heavy (non-hydrogen) atoms. The maximum absolute atomic E-state index is 10.9. The minimum atomic E-state index is -0.906. The van der Waals surface area contributed by atoms with Crippen LogP contribution in [0.5, 0.6) is 0 Å². The molecule has 1 aromatic carbocycles. The molecular weight excluding hydrogens is 254 g/mol. The number of hydrogen-bond acceptors (Lipinski definition) is 3. The first-order valence-electron chi connectivity index (χ1n) is 6.57. The van der Waals surface area contributed by atoms with E-state index in [1.807, 2.05) is 19.3 Å². The Balaban J connectivity index is 2.13. The molecule has 0 saturated heterocycles. The second-order valence-electron chi connectivity index (χ2n) is 5.12. The van der Waals surface area contributed by atoms with E-state index in [0.717, 1.165) is 16.9 Å². The van der Waals surface area contributed by atoms with E-state index in [1.54, 1.807) is 22.9 Å². The Kier molecular flexibility index (Phi) is 4.08. The lowest BCUT2D eigenvalue weighted by Crippen LogP contribution is -2.04. The molecule has 2 rings (SSSR count).